The van der Waals surface area contributed by atoms with Gasteiger partial charge in [-0.15, -0.1) is 0 Å². The minimum absolute atomic E-state index is 0.150. The Morgan fingerprint density at radius 3 is 0.825 bits per heavy atom. The zero-order chi connectivity index (χ0) is 74.6. The van der Waals surface area contributed by atoms with Gasteiger partial charge >= 0.3 is 11.9 Å². The number of allylic oxidation sites excluding steroid dienone is 12. The number of carbonyl (C=O) groups excluding carboxylic acids is 3. The molecule has 0 aliphatic heterocycles. The summed E-state index contributed by atoms with van der Waals surface area (Å²) in [5.74, 6) is -2.25. The highest BCUT2D eigenvalue weighted by Gasteiger charge is 2.22. The van der Waals surface area contributed by atoms with Crippen LogP contribution in [-0.4, -0.2) is 82.3 Å². The zero-order valence-corrected chi connectivity index (χ0v) is 69.2. The number of aliphatic carboxylic acids is 1. The number of hydrogen-bond acceptors (Lipinski definition) is 8. The molecule has 0 aliphatic rings. The molecule has 9 heteroatoms. The van der Waals surface area contributed by atoms with Gasteiger partial charge < -0.3 is 33.3 Å². The lowest BCUT2D eigenvalue weighted by molar-refractivity contribution is -0.870. The first-order valence-corrected chi connectivity index (χ1v) is 45.1. The Morgan fingerprint density at radius 1 is 0.301 bits per heavy atom. The molecule has 0 N–H and O–H groups in total. The molecule has 0 aliphatic carbocycles. The van der Waals surface area contributed by atoms with E-state index in [0.29, 0.717) is 23.9 Å². The summed E-state index contributed by atoms with van der Waals surface area (Å²) in [6.07, 6.45) is 112. The fraction of sp³-hybridized carbons (Fsp3) is 0.840. The second kappa shape index (κ2) is 84.4. The van der Waals surface area contributed by atoms with Gasteiger partial charge in [-0.25, -0.2) is 0 Å². The second-order valence-corrected chi connectivity index (χ2v) is 31.9. The molecular formula is C94H173NO8. The molecule has 0 aromatic carbocycles. The van der Waals surface area contributed by atoms with E-state index in [2.05, 4.69) is 86.8 Å². The van der Waals surface area contributed by atoms with Crippen molar-refractivity contribution in [2.75, 3.05) is 47.5 Å². The molecule has 0 aromatic heterocycles. The second-order valence-electron chi connectivity index (χ2n) is 31.9. The van der Waals surface area contributed by atoms with Gasteiger partial charge in [-0.3, -0.25) is 9.59 Å². The quantitative estimate of drug-likeness (QED) is 0.0195. The first-order chi connectivity index (χ1) is 50.6. The third-order valence-corrected chi connectivity index (χ3v) is 20.5. The standard InChI is InChI=1S/C94H173NO8/c1-6-8-10-12-14-16-18-20-22-24-26-28-30-32-34-36-38-40-42-44-46-48-50-52-54-56-58-60-62-64-66-68-70-72-74-76-78-80-82-84-91(96)101-88-90(89-102-94(93(98)99)100-87-86-95(3,4)5)103-92(97)85-83-81-79-77-75-73-71-69-67-65-63-61-59-57-55-53-51-49-47-45-43-41-39-37-35-33-31-29-27-25-23-21-19-17-15-13-11-9-7-2/h9,11,15,17,21,23,27,29,33,35,39,41,90,94H,6-8,10,12-14,16,18-20,22,24-26,28,30-32,34,36-38,40,42-89H2,1-5H3/b11-9-,17-15-,23-21-,29-27-,35-33-,41-39-. The van der Waals surface area contributed by atoms with Crippen LogP contribution in [0.5, 0.6) is 0 Å². The van der Waals surface area contributed by atoms with Crippen molar-refractivity contribution < 1.29 is 42.9 Å². The van der Waals surface area contributed by atoms with E-state index < -0.39 is 24.3 Å². The van der Waals surface area contributed by atoms with E-state index in [4.69, 9.17) is 18.9 Å². The van der Waals surface area contributed by atoms with Crippen molar-refractivity contribution in [1.82, 2.24) is 0 Å². The van der Waals surface area contributed by atoms with Gasteiger partial charge in [-0.1, -0.05) is 446 Å². The largest absolute Gasteiger partial charge is 0.545 e. The van der Waals surface area contributed by atoms with Gasteiger partial charge in [0.2, 0.25) is 0 Å². The molecule has 0 amide bonds. The predicted molar refractivity (Wildman–Crippen MR) is 445 cm³/mol. The molecule has 0 radical (unpaired) electrons. The number of quaternary nitrogens is 1. The lowest BCUT2D eigenvalue weighted by atomic mass is 10.0. The van der Waals surface area contributed by atoms with Crippen LogP contribution < -0.4 is 5.11 Å². The van der Waals surface area contributed by atoms with Crippen LogP contribution in [0.2, 0.25) is 0 Å². The summed E-state index contributed by atoms with van der Waals surface area (Å²) in [5, 5.41) is 11.9. The monoisotopic (exact) mass is 1440 g/mol. The number of carbonyl (C=O) groups is 3. The number of esters is 2. The maximum absolute atomic E-state index is 13.0. The maximum Gasteiger partial charge on any atom is 0.306 e. The first-order valence-electron chi connectivity index (χ1n) is 45.1. The first kappa shape index (κ1) is 99.7. The normalized spacial score (nSPS) is 12.9. The van der Waals surface area contributed by atoms with Gasteiger partial charge in [-0.05, 0) is 64.2 Å². The smallest absolute Gasteiger partial charge is 0.306 e. The molecule has 0 bridgehead atoms. The molecular weight excluding hydrogens is 1270 g/mol. The number of ether oxygens (including phenoxy) is 4. The number of rotatable bonds is 85. The number of nitrogens with zero attached hydrogens (tertiary/aromatic N) is 1. The minimum Gasteiger partial charge on any atom is -0.545 e. The van der Waals surface area contributed by atoms with Gasteiger partial charge in [0.15, 0.2) is 12.4 Å². The molecule has 0 saturated heterocycles. The van der Waals surface area contributed by atoms with Crippen LogP contribution in [0.15, 0.2) is 72.9 Å². The summed E-state index contributed by atoms with van der Waals surface area (Å²) >= 11 is 0. The Labute approximate surface area is 640 Å². The Bertz CT molecular complexity index is 1930. The van der Waals surface area contributed by atoms with Crippen molar-refractivity contribution >= 4 is 17.9 Å². The average molecular weight is 1450 g/mol. The third kappa shape index (κ3) is 85.9. The van der Waals surface area contributed by atoms with Crippen molar-refractivity contribution in [3.8, 4) is 0 Å². The number of unbranched alkanes of at least 4 members (excludes halogenated alkanes) is 58. The molecule has 0 spiro atoms. The lowest BCUT2D eigenvalue weighted by Gasteiger charge is -2.26. The average Bonchev–Trinajstić information content (AvgIpc) is 0.985. The fourth-order valence-electron chi connectivity index (χ4n) is 13.7. The summed E-state index contributed by atoms with van der Waals surface area (Å²) in [4.78, 5) is 37.7. The van der Waals surface area contributed by atoms with E-state index in [-0.39, 0.29) is 32.2 Å². The van der Waals surface area contributed by atoms with E-state index in [1.807, 2.05) is 21.1 Å². The van der Waals surface area contributed by atoms with Crippen molar-refractivity contribution in [2.45, 2.75) is 463 Å². The summed E-state index contributed by atoms with van der Waals surface area (Å²) in [7, 11) is 5.96. The molecule has 602 valence electrons. The van der Waals surface area contributed by atoms with Crippen LogP contribution in [0.3, 0.4) is 0 Å². The van der Waals surface area contributed by atoms with Crippen LogP contribution in [0.25, 0.3) is 0 Å². The molecule has 9 nitrogen and oxygen atoms in total. The molecule has 0 fully saturated rings. The van der Waals surface area contributed by atoms with Crippen molar-refractivity contribution in [2.24, 2.45) is 0 Å². The van der Waals surface area contributed by atoms with Crippen LogP contribution in [0.4, 0.5) is 0 Å². The fourth-order valence-corrected chi connectivity index (χ4v) is 13.7. The highest BCUT2D eigenvalue weighted by Crippen LogP contribution is 2.21. The SMILES string of the molecule is CC/C=C\C/C=C\C/C=C\C/C=C\C/C=C\C/C=C\CCCCCCCCCCCCCCCCCCCCCCC(=O)OC(COC(=O)CCCCCCCCCCCCCCCCCCCCCCCCCCCCCCCCCCCCCCCCC)COC(OCC[N+](C)(C)C)C(=O)[O-]. The molecule has 0 aromatic rings. The zero-order valence-electron chi connectivity index (χ0n) is 69.2. The van der Waals surface area contributed by atoms with E-state index in [0.717, 1.165) is 70.6 Å². The lowest BCUT2D eigenvalue weighted by Crippen LogP contribution is -2.44. The molecule has 2 atom stereocenters. The van der Waals surface area contributed by atoms with E-state index in [1.54, 1.807) is 0 Å². The number of carboxylic acids is 1. The molecule has 103 heavy (non-hydrogen) atoms. The maximum atomic E-state index is 13.0. The molecule has 2 unspecified atom stereocenters. The number of hydrogen-bond donors (Lipinski definition) is 0. The summed E-state index contributed by atoms with van der Waals surface area (Å²) < 4.78 is 22.9. The molecule has 0 heterocycles. The van der Waals surface area contributed by atoms with E-state index in [1.165, 1.54) is 347 Å². The van der Waals surface area contributed by atoms with Gasteiger partial charge in [-0.2, -0.15) is 0 Å². The Morgan fingerprint density at radius 2 is 0.553 bits per heavy atom. The van der Waals surface area contributed by atoms with Crippen molar-refractivity contribution in [1.29, 1.82) is 0 Å². The number of carboxylic acid groups (broad SMARTS) is 1. The van der Waals surface area contributed by atoms with Gasteiger partial charge in [0.1, 0.15) is 13.2 Å². The Balaban J connectivity index is 3.91. The predicted octanol–water partition coefficient (Wildman–Crippen LogP) is 28.2. The van der Waals surface area contributed by atoms with Gasteiger partial charge in [0, 0.05) is 12.8 Å². The van der Waals surface area contributed by atoms with E-state index in [9.17, 15) is 19.5 Å². The molecule has 0 saturated carbocycles. The summed E-state index contributed by atoms with van der Waals surface area (Å²) in [6, 6.07) is 0. The Kier molecular flexibility index (Phi) is 81.7. The van der Waals surface area contributed by atoms with Crippen LogP contribution in [0, 0.1) is 0 Å². The van der Waals surface area contributed by atoms with Crippen molar-refractivity contribution in [3.63, 3.8) is 0 Å². The van der Waals surface area contributed by atoms with Crippen molar-refractivity contribution in [3.05, 3.63) is 72.9 Å². The van der Waals surface area contributed by atoms with Crippen LogP contribution in [0.1, 0.15) is 450 Å². The number of likely N-dealkylation sites (N-methyl/N-ethyl adjacent to an activating group) is 1. The van der Waals surface area contributed by atoms with Gasteiger partial charge in [0.25, 0.3) is 0 Å². The minimum atomic E-state index is -1.62. The van der Waals surface area contributed by atoms with Crippen LogP contribution >= 0.6 is 0 Å². The molecule has 0 rings (SSSR count). The van der Waals surface area contributed by atoms with E-state index >= 15 is 0 Å². The van der Waals surface area contributed by atoms with Crippen LogP contribution in [-0.2, 0) is 33.3 Å². The Hall–Kier alpha value is -3.27. The third-order valence-electron chi connectivity index (χ3n) is 20.5. The highest BCUT2D eigenvalue weighted by atomic mass is 16.7. The summed E-state index contributed by atoms with van der Waals surface area (Å²) in [5.41, 5.74) is 0. The highest BCUT2D eigenvalue weighted by molar-refractivity contribution is 5.70. The topological polar surface area (TPSA) is 111 Å². The summed E-state index contributed by atoms with van der Waals surface area (Å²) in [6.45, 7) is 4.71. The van der Waals surface area contributed by atoms with Gasteiger partial charge in [0.05, 0.1) is 40.3 Å².